The van der Waals surface area contributed by atoms with E-state index in [-0.39, 0.29) is 12.5 Å². The highest BCUT2D eigenvalue weighted by molar-refractivity contribution is 5.79. The summed E-state index contributed by atoms with van der Waals surface area (Å²) in [6.07, 6.45) is 1.70. The van der Waals surface area contributed by atoms with Crippen molar-refractivity contribution in [3.05, 3.63) is 24.3 Å². The van der Waals surface area contributed by atoms with Crippen molar-refractivity contribution in [2.75, 3.05) is 13.2 Å². The highest BCUT2D eigenvalue weighted by atomic mass is 16.5. The van der Waals surface area contributed by atoms with Gasteiger partial charge in [0.25, 0.3) is 0 Å². The number of ether oxygens (including phenoxy) is 2. The number of benzene rings is 1. The molecule has 0 amide bonds. The topological polar surface area (TPSA) is 81.8 Å². The molecule has 1 aliphatic carbocycles. The molecule has 0 spiro atoms. The third-order valence-electron chi connectivity index (χ3n) is 3.30. The summed E-state index contributed by atoms with van der Waals surface area (Å²) in [5.74, 6) is 0.281. The molecule has 2 rings (SSSR count). The Kier molecular flexibility index (Phi) is 3.95. The molecule has 1 unspecified atom stereocenters. The van der Waals surface area contributed by atoms with Gasteiger partial charge >= 0.3 is 5.97 Å². The third kappa shape index (κ3) is 3.17. The standard InChI is InChI=1S/C14H19NO4/c1-2-18-11-4-3-5-12(8-11)19-9-14(15,13(16)17)10-6-7-10/h3-5,8,10H,2,6-7,9,15H2,1H3,(H,16,17). The molecule has 1 fully saturated rings. The average molecular weight is 265 g/mol. The Morgan fingerprint density at radius 2 is 2.05 bits per heavy atom. The Morgan fingerprint density at radius 3 is 2.58 bits per heavy atom. The lowest BCUT2D eigenvalue weighted by Crippen LogP contribution is -2.54. The van der Waals surface area contributed by atoms with Crippen LogP contribution in [0.2, 0.25) is 0 Å². The van der Waals surface area contributed by atoms with Crippen LogP contribution in [-0.4, -0.2) is 29.8 Å². The number of hydrogen-bond acceptors (Lipinski definition) is 4. The first-order chi connectivity index (χ1) is 9.06. The summed E-state index contributed by atoms with van der Waals surface area (Å²) < 4.78 is 10.9. The maximum atomic E-state index is 11.3. The van der Waals surface area contributed by atoms with E-state index in [1.54, 1.807) is 18.2 Å². The summed E-state index contributed by atoms with van der Waals surface area (Å²) in [5, 5.41) is 9.23. The van der Waals surface area contributed by atoms with Gasteiger partial charge < -0.3 is 20.3 Å². The first kappa shape index (κ1) is 13.7. The van der Waals surface area contributed by atoms with Gasteiger partial charge in [0.15, 0.2) is 5.54 Å². The summed E-state index contributed by atoms with van der Waals surface area (Å²) >= 11 is 0. The van der Waals surface area contributed by atoms with Crippen molar-refractivity contribution in [2.24, 2.45) is 11.7 Å². The molecule has 1 aliphatic rings. The second kappa shape index (κ2) is 5.48. The monoisotopic (exact) mass is 265 g/mol. The number of carboxylic acid groups (broad SMARTS) is 1. The lowest BCUT2D eigenvalue weighted by molar-refractivity contribution is -0.145. The van der Waals surface area contributed by atoms with E-state index in [0.29, 0.717) is 18.1 Å². The molecule has 0 bridgehead atoms. The molecule has 0 heterocycles. The number of nitrogens with two attached hydrogens (primary N) is 1. The van der Waals surface area contributed by atoms with Gasteiger partial charge in [-0.15, -0.1) is 0 Å². The normalized spacial score (nSPS) is 17.6. The van der Waals surface area contributed by atoms with E-state index in [2.05, 4.69) is 0 Å². The van der Waals surface area contributed by atoms with Crippen LogP contribution in [0.5, 0.6) is 11.5 Å². The summed E-state index contributed by atoms with van der Waals surface area (Å²) in [7, 11) is 0. The number of aliphatic carboxylic acids is 1. The van der Waals surface area contributed by atoms with Crippen LogP contribution in [0.3, 0.4) is 0 Å². The molecule has 5 heteroatoms. The largest absolute Gasteiger partial charge is 0.494 e. The van der Waals surface area contributed by atoms with E-state index in [9.17, 15) is 9.90 Å². The van der Waals surface area contributed by atoms with E-state index < -0.39 is 11.5 Å². The molecule has 104 valence electrons. The fraction of sp³-hybridized carbons (Fsp3) is 0.500. The molecule has 1 atom stereocenters. The van der Waals surface area contributed by atoms with E-state index in [4.69, 9.17) is 15.2 Å². The summed E-state index contributed by atoms with van der Waals surface area (Å²) in [4.78, 5) is 11.3. The number of hydrogen-bond donors (Lipinski definition) is 2. The van der Waals surface area contributed by atoms with Gasteiger partial charge in [-0.1, -0.05) is 6.07 Å². The molecular weight excluding hydrogens is 246 g/mol. The van der Waals surface area contributed by atoms with Crippen molar-refractivity contribution in [3.8, 4) is 11.5 Å². The van der Waals surface area contributed by atoms with Gasteiger partial charge in [0.1, 0.15) is 18.1 Å². The van der Waals surface area contributed by atoms with E-state index in [1.807, 2.05) is 13.0 Å². The van der Waals surface area contributed by atoms with Gasteiger partial charge in [0, 0.05) is 6.07 Å². The Morgan fingerprint density at radius 1 is 1.42 bits per heavy atom. The molecule has 1 saturated carbocycles. The molecule has 0 aromatic heterocycles. The fourth-order valence-electron chi connectivity index (χ4n) is 1.98. The van der Waals surface area contributed by atoms with Gasteiger partial charge in [-0.2, -0.15) is 0 Å². The fourth-order valence-corrected chi connectivity index (χ4v) is 1.98. The third-order valence-corrected chi connectivity index (χ3v) is 3.30. The van der Waals surface area contributed by atoms with Crippen LogP contribution in [-0.2, 0) is 4.79 Å². The number of carbonyl (C=O) groups is 1. The quantitative estimate of drug-likeness (QED) is 0.783. The first-order valence-electron chi connectivity index (χ1n) is 6.44. The van der Waals surface area contributed by atoms with Gasteiger partial charge in [-0.05, 0) is 37.8 Å². The average Bonchev–Trinajstić information content (AvgIpc) is 3.21. The molecule has 3 N–H and O–H groups in total. The Hall–Kier alpha value is -1.75. The minimum Gasteiger partial charge on any atom is -0.494 e. The van der Waals surface area contributed by atoms with E-state index in [0.717, 1.165) is 12.8 Å². The van der Waals surface area contributed by atoms with Crippen molar-refractivity contribution in [2.45, 2.75) is 25.3 Å². The summed E-state index contributed by atoms with van der Waals surface area (Å²) in [5.41, 5.74) is 4.64. The smallest absolute Gasteiger partial charge is 0.327 e. The van der Waals surface area contributed by atoms with E-state index >= 15 is 0 Å². The van der Waals surface area contributed by atoms with Gasteiger partial charge in [-0.25, -0.2) is 0 Å². The molecule has 0 aliphatic heterocycles. The number of carboxylic acids is 1. The molecule has 1 aromatic carbocycles. The zero-order valence-corrected chi connectivity index (χ0v) is 11.0. The Bertz CT molecular complexity index is 459. The second-order valence-electron chi connectivity index (χ2n) is 4.82. The summed E-state index contributed by atoms with van der Waals surface area (Å²) in [6, 6.07) is 7.12. The molecule has 5 nitrogen and oxygen atoms in total. The van der Waals surface area contributed by atoms with Crippen LogP contribution in [0.1, 0.15) is 19.8 Å². The Labute approximate surface area is 112 Å². The lowest BCUT2D eigenvalue weighted by atomic mass is 9.96. The molecule has 0 saturated heterocycles. The highest BCUT2D eigenvalue weighted by Crippen LogP contribution is 2.38. The molecule has 1 aromatic rings. The van der Waals surface area contributed by atoms with Crippen LogP contribution in [0.15, 0.2) is 24.3 Å². The summed E-state index contributed by atoms with van der Waals surface area (Å²) in [6.45, 7) is 2.44. The zero-order chi connectivity index (χ0) is 13.9. The maximum absolute atomic E-state index is 11.3. The predicted octanol–water partition coefficient (Wildman–Crippen LogP) is 1.66. The van der Waals surface area contributed by atoms with Crippen molar-refractivity contribution in [3.63, 3.8) is 0 Å². The van der Waals surface area contributed by atoms with Crippen molar-refractivity contribution in [1.82, 2.24) is 0 Å². The second-order valence-corrected chi connectivity index (χ2v) is 4.82. The first-order valence-corrected chi connectivity index (χ1v) is 6.44. The van der Waals surface area contributed by atoms with Crippen molar-refractivity contribution in [1.29, 1.82) is 0 Å². The lowest BCUT2D eigenvalue weighted by Gasteiger charge is -2.24. The zero-order valence-electron chi connectivity index (χ0n) is 11.0. The SMILES string of the molecule is CCOc1cccc(OCC(N)(C(=O)O)C2CC2)c1. The van der Waals surface area contributed by atoms with Gasteiger partial charge in [0.05, 0.1) is 6.61 Å². The van der Waals surface area contributed by atoms with Crippen molar-refractivity contribution >= 4 is 5.97 Å². The molecular formula is C14H19NO4. The maximum Gasteiger partial charge on any atom is 0.327 e. The number of rotatable bonds is 7. The molecule has 19 heavy (non-hydrogen) atoms. The Balaban J connectivity index is 2.01. The minimum absolute atomic E-state index is 0.0140. The van der Waals surface area contributed by atoms with Crippen molar-refractivity contribution < 1.29 is 19.4 Å². The molecule has 0 radical (unpaired) electrons. The van der Waals surface area contributed by atoms with Crippen LogP contribution in [0.4, 0.5) is 0 Å². The van der Waals surface area contributed by atoms with Crippen LogP contribution in [0, 0.1) is 5.92 Å². The van der Waals surface area contributed by atoms with Crippen LogP contribution >= 0.6 is 0 Å². The van der Waals surface area contributed by atoms with E-state index in [1.165, 1.54) is 0 Å². The van der Waals surface area contributed by atoms with Crippen LogP contribution in [0.25, 0.3) is 0 Å². The highest BCUT2D eigenvalue weighted by Gasteiger charge is 2.49. The van der Waals surface area contributed by atoms with Gasteiger partial charge in [-0.3, -0.25) is 4.79 Å². The predicted molar refractivity (Wildman–Crippen MR) is 70.4 cm³/mol. The minimum atomic E-state index is -1.29. The van der Waals surface area contributed by atoms with Crippen LogP contribution < -0.4 is 15.2 Å². The van der Waals surface area contributed by atoms with Gasteiger partial charge in [0.2, 0.25) is 0 Å².